The Balaban J connectivity index is 2.23. The molecule has 2 rings (SSSR count). The first-order valence-electron chi connectivity index (χ1n) is 6.53. The van der Waals surface area contributed by atoms with Crippen LogP contribution in [0.15, 0.2) is 36.4 Å². The summed E-state index contributed by atoms with van der Waals surface area (Å²) < 4.78 is 32.0. The van der Waals surface area contributed by atoms with Crippen LogP contribution in [-0.2, 0) is 6.54 Å². The molecule has 0 saturated heterocycles. The SMILES string of the molecule is CCNCc1ccc(C)c(Oc2ccc(F)cc2F)c1. The molecule has 0 fully saturated rings. The van der Waals surface area contributed by atoms with Crippen molar-refractivity contribution < 1.29 is 13.5 Å². The highest BCUT2D eigenvalue weighted by Crippen LogP contribution is 2.28. The summed E-state index contributed by atoms with van der Waals surface area (Å²) in [7, 11) is 0. The van der Waals surface area contributed by atoms with E-state index in [1.54, 1.807) is 0 Å². The third kappa shape index (κ3) is 3.54. The average Bonchev–Trinajstić information content (AvgIpc) is 2.42. The van der Waals surface area contributed by atoms with Crippen molar-refractivity contribution in [3.8, 4) is 11.5 Å². The molecule has 2 aromatic carbocycles. The molecule has 0 aliphatic rings. The van der Waals surface area contributed by atoms with E-state index in [2.05, 4.69) is 5.32 Å². The van der Waals surface area contributed by atoms with Gasteiger partial charge in [-0.05, 0) is 42.8 Å². The Hall–Kier alpha value is -1.94. The number of hydrogen-bond donors (Lipinski definition) is 1. The van der Waals surface area contributed by atoms with Crippen LogP contribution in [0.4, 0.5) is 8.78 Å². The number of aryl methyl sites for hydroxylation is 1. The molecule has 0 spiro atoms. The van der Waals surface area contributed by atoms with E-state index >= 15 is 0 Å². The van der Waals surface area contributed by atoms with Crippen molar-refractivity contribution in [3.63, 3.8) is 0 Å². The lowest BCUT2D eigenvalue weighted by Gasteiger charge is -2.11. The van der Waals surface area contributed by atoms with Gasteiger partial charge in [-0.1, -0.05) is 19.1 Å². The topological polar surface area (TPSA) is 21.3 Å². The summed E-state index contributed by atoms with van der Waals surface area (Å²) in [5.74, 6) is -0.727. The standard InChI is InChI=1S/C16H17F2NO/c1-3-19-10-12-5-4-11(2)16(8-12)20-15-7-6-13(17)9-14(15)18/h4-9,19H,3,10H2,1-2H3. The Bertz CT molecular complexity index is 599. The van der Waals surface area contributed by atoms with Gasteiger partial charge in [0, 0.05) is 12.6 Å². The van der Waals surface area contributed by atoms with Gasteiger partial charge in [0.25, 0.3) is 0 Å². The van der Waals surface area contributed by atoms with Crippen LogP contribution < -0.4 is 10.1 Å². The quantitative estimate of drug-likeness (QED) is 0.885. The van der Waals surface area contributed by atoms with E-state index in [9.17, 15) is 8.78 Å². The van der Waals surface area contributed by atoms with Crippen molar-refractivity contribution in [2.24, 2.45) is 0 Å². The highest BCUT2D eigenvalue weighted by molar-refractivity contribution is 5.40. The highest BCUT2D eigenvalue weighted by atomic mass is 19.1. The van der Waals surface area contributed by atoms with Crippen LogP contribution in [0, 0.1) is 18.6 Å². The summed E-state index contributed by atoms with van der Waals surface area (Å²) in [4.78, 5) is 0. The molecule has 0 radical (unpaired) electrons. The van der Waals surface area contributed by atoms with Gasteiger partial charge in [0.1, 0.15) is 11.6 Å². The van der Waals surface area contributed by atoms with Gasteiger partial charge in [0.2, 0.25) is 0 Å². The monoisotopic (exact) mass is 277 g/mol. The van der Waals surface area contributed by atoms with E-state index in [0.29, 0.717) is 5.75 Å². The molecule has 2 nitrogen and oxygen atoms in total. The van der Waals surface area contributed by atoms with Crippen LogP contribution >= 0.6 is 0 Å². The maximum atomic E-state index is 13.6. The van der Waals surface area contributed by atoms with Gasteiger partial charge in [-0.15, -0.1) is 0 Å². The zero-order valence-electron chi connectivity index (χ0n) is 11.5. The predicted octanol–water partition coefficient (Wildman–Crippen LogP) is 4.18. The lowest BCUT2D eigenvalue weighted by Crippen LogP contribution is -2.11. The molecule has 0 heterocycles. The molecule has 0 amide bonds. The van der Waals surface area contributed by atoms with Gasteiger partial charge >= 0.3 is 0 Å². The number of halogens is 2. The van der Waals surface area contributed by atoms with Gasteiger partial charge in [-0.25, -0.2) is 8.78 Å². The molecule has 0 saturated carbocycles. The molecule has 106 valence electrons. The normalized spacial score (nSPS) is 10.6. The van der Waals surface area contributed by atoms with Gasteiger partial charge in [-0.3, -0.25) is 0 Å². The Morgan fingerprint density at radius 3 is 2.55 bits per heavy atom. The molecule has 0 aromatic heterocycles. The van der Waals surface area contributed by atoms with Gasteiger partial charge in [0.05, 0.1) is 0 Å². The third-order valence-electron chi connectivity index (χ3n) is 2.95. The Morgan fingerprint density at radius 2 is 1.85 bits per heavy atom. The molecule has 0 unspecified atom stereocenters. The van der Waals surface area contributed by atoms with Gasteiger partial charge in [0.15, 0.2) is 11.6 Å². The van der Waals surface area contributed by atoms with Crippen molar-refractivity contribution in [2.75, 3.05) is 6.54 Å². The smallest absolute Gasteiger partial charge is 0.168 e. The molecule has 0 atom stereocenters. The number of ether oxygens (including phenoxy) is 1. The second-order valence-corrected chi connectivity index (χ2v) is 4.56. The fraction of sp³-hybridized carbons (Fsp3) is 0.250. The lowest BCUT2D eigenvalue weighted by molar-refractivity contribution is 0.434. The van der Waals surface area contributed by atoms with Crippen LogP contribution in [-0.4, -0.2) is 6.54 Å². The first kappa shape index (κ1) is 14.5. The zero-order chi connectivity index (χ0) is 14.5. The fourth-order valence-corrected chi connectivity index (χ4v) is 1.81. The maximum Gasteiger partial charge on any atom is 0.168 e. The highest BCUT2D eigenvalue weighted by Gasteiger charge is 2.08. The predicted molar refractivity (Wildman–Crippen MR) is 75.0 cm³/mol. The fourth-order valence-electron chi connectivity index (χ4n) is 1.81. The van der Waals surface area contributed by atoms with Gasteiger partial charge < -0.3 is 10.1 Å². The van der Waals surface area contributed by atoms with Crippen LogP contribution in [0.2, 0.25) is 0 Å². The van der Waals surface area contributed by atoms with Crippen molar-refractivity contribution in [2.45, 2.75) is 20.4 Å². The molecular weight excluding hydrogens is 260 g/mol. The second kappa shape index (κ2) is 6.48. The minimum absolute atomic E-state index is 0.0232. The molecule has 20 heavy (non-hydrogen) atoms. The molecule has 0 bridgehead atoms. The summed E-state index contributed by atoms with van der Waals surface area (Å²) in [6.45, 7) is 5.50. The summed E-state index contributed by atoms with van der Waals surface area (Å²) >= 11 is 0. The molecule has 2 aromatic rings. The van der Waals surface area contributed by atoms with Crippen molar-refractivity contribution in [1.29, 1.82) is 0 Å². The van der Waals surface area contributed by atoms with E-state index in [0.717, 1.165) is 30.3 Å². The average molecular weight is 277 g/mol. The van der Waals surface area contributed by atoms with Gasteiger partial charge in [-0.2, -0.15) is 0 Å². The van der Waals surface area contributed by atoms with E-state index in [1.165, 1.54) is 12.1 Å². The van der Waals surface area contributed by atoms with E-state index in [4.69, 9.17) is 4.74 Å². The Kier molecular flexibility index (Phi) is 4.69. The van der Waals surface area contributed by atoms with E-state index in [1.807, 2.05) is 32.0 Å². The number of nitrogens with one attached hydrogen (secondary N) is 1. The third-order valence-corrected chi connectivity index (χ3v) is 2.95. The molecule has 1 N–H and O–H groups in total. The van der Waals surface area contributed by atoms with Crippen molar-refractivity contribution in [1.82, 2.24) is 5.32 Å². The first-order valence-corrected chi connectivity index (χ1v) is 6.53. The summed E-state index contributed by atoms with van der Waals surface area (Å²) in [6.07, 6.45) is 0. The van der Waals surface area contributed by atoms with Crippen molar-refractivity contribution in [3.05, 3.63) is 59.2 Å². The number of hydrogen-bond acceptors (Lipinski definition) is 2. The summed E-state index contributed by atoms with van der Waals surface area (Å²) in [6, 6.07) is 9.06. The summed E-state index contributed by atoms with van der Waals surface area (Å²) in [5.41, 5.74) is 1.95. The molecule has 4 heteroatoms. The Morgan fingerprint density at radius 1 is 1.05 bits per heavy atom. The Labute approximate surface area is 117 Å². The largest absolute Gasteiger partial charge is 0.454 e. The van der Waals surface area contributed by atoms with Crippen LogP contribution in [0.1, 0.15) is 18.1 Å². The number of rotatable bonds is 5. The van der Waals surface area contributed by atoms with Crippen LogP contribution in [0.25, 0.3) is 0 Å². The molecular formula is C16H17F2NO. The van der Waals surface area contributed by atoms with Crippen LogP contribution in [0.3, 0.4) is 0 Å². The van der Waals surface area contributed by atoms with Crippen molar-refractivity contribution >= 4 is 0 Å². The first-order chi connectivity index (χ1) is 9.60. The minimum Gasteiger partial charge on any atom is -0.454 e. The van der Waals surface area contributed by atoms with Crippen LogP contribution in [0.5, 0.6) is 11.5 Å². The lowest BCUT2D eigenvalue weighted by atomic mass is 10.1. The van der Waals surface area contributed by atoms with E-state index < -0.39 is 11.6 Å². The maximum absolute atomic E-state index is 13.6. The van der Waals surface area contributed by atoms with E-state index in [-0.39, 0.29) is 5.75 Å². The molecule has 0 aliphatic heterocycles. The molecule has 0 aliphatic carbocycles. The minimum atomic E-state index is -0.707. The number of benzene rings is 2. The summed E-state index contributed by atoms with van der Waals surface area (Å²) in [5, 5.41) is 3.21. The zero-order valence-corrected chi connectivity index (χ0v) is 11.5. The second-order valence-electron chi connectivity index (χ2n) is 4.56.